The van der Waals surface area contributed by atoms with Gasteiger partial charge < -0.3 is 0 Å². The van der Waals surface area contributed by atoms with Crippen molar-refractivity contribution in [1.29, 1.82) is 0 Å². The van der Waals surface area contributed by atoms with Crippen LogP contribution in [-0.2, 0) is 19.5 Å². The Bertz CT molecular complexity index is 562. The lowest BCUT2D eigenvalue weighted by Gasteiger charge is -2.07. The Morgan fingerprint density at radius 2 is 0.861 bits per heavy atom. The molecule has 2 nitrogen and oxygen atoms in total. The molecular weight excluding hydrogens is 436 g/mol. The lowest BCUT2D eigenvalue weighted by atomic mass is 10.0. The van der Waals surface area contributed by atoms with Gasteiger partial charge in [0.15, 0.2) is 0 Å². The number of aryl methyl sites for hydroxylation is 2. The van der Waals surface area contributed by atoms with Crippen molar-refractivity contribution in [3.8, 4) is 0 Å². The Labute approximate surface area is 228 Å². The van der Waals surface area contributed by atoms with Crippen molar-refractivity contribution < 1.29 is 4.57 Å². The van der Waals surface area contributed by atoms with E-state index in [0.717, 1.165) is 0 Å². The summed E-state index contributed by atoms with van der Waals surface area (Å²) in [7, 11) is 0. The summed E-state index contributed by atoms with van der Waals surface area (Å²) in [6.45, 7) is 9.38. The number of rotatable bonds is 28. The molecule has 0 aliphatic heterocycles. The van der Waals surface area contributed by atoms with Crippen molar-refractivity contribution >= 4 is 0 Å². The molecule has 0 atom stereocenters. The minimum Gasteiger partial charge on any atom is -0.234 e. The summed E-state index contributed by atoms with van der Waals surface area (Å²) in [4.78, 5) is 0. The van der Waals surface area contributed by atoms with Crippen molar-refractivity contribution in [2.75, 3.05) is 0 Å². The number of nitrogens with zero attached hydrogens (tertiary/aromatic N) is 2. The molecule has 0 N–H and O–H groups in total. The largest absolute Gasteiger partial charge is 0.256 e. The van der Waals surface area contributed by atoms with E-state index in [2.05, 4.69) is 42.3 Å². The Kier molecular flexibility index (Phi) is 23.9. The maximum atomic E-state index is 2.60. The van der Waals surface area contributed by atoms with Crippen molar-refractivity contribution in [2.24, 2.45) is 0 Å². The van der Waals surface area contributed by atoms with Gasteiger partial charge in [-0.05, 0) is 32.1 Å². The smallest absolute Gasteiger partial charge is 0.234 e. The van der Waals surface area contributed by atoms with Crippen LogP contribution in [0.15, 0.2) is 12.4 Å². The molecule has 0 aliphatic rings. The van der Waals surface area contributed by atoms with E-state index in [1.54, 1.807) is 5.82 Å². The molecule has 0 radical (unpaired) electrons. The summed E-state index contributed by atoms with van der Waals surface area (Å²) in [5.74, 6) is 1.60. The van der Waals surface area contributed by atoms with E-state index in [0.29, 0.717) is 0 Å². The van der Waals surface area contributed by atoms with E-state index >= 15 is 0 Å². The zero-order valence-corrected chi connectivity index (χ0v) is 25.3. The molecule has 0 spiro atoms. The van der Waals surface area contributed by atoms with Gasteiger partial charge in [-0.1, -0.05) is 149 Å². The third kappa shape index (κ3) is 18.5. The molecule has 1 aromatic rings. The fourth-order valence-electron chi connectivity index (χ4n) is 5.62. The second kappa shape index (κ2) is 25.8. The lowest BCUT2D eigenvalue weighted by Crippen LogP contribution is -2.37. The summed E-state index contributed by atoms with van der Waals surface area (Å²) in [6, 6.07) is 0. The Hall–Kier alpha value is -0.790. The summed E-state index contributed by atoms with van der Waals surface area (Å²) >= 11 is 0. The zero-order chi connectivity index (χ0) is 25.9. The second-order valence-electron chi connectivity index (χ2n) is 11.6. The molecule has 36 heavy (non-hydrogen) atoms. The molecule has 1 aromatic heterocycles. The molecule has 1 heterocycles. The molecule has 0 aliphatic carbocycles. The fraction of sp³-hybridized carbons (Fsp3) is 0.912. The molecule has 2 heteroatoms. The molecule has 0 unspecified atom stereocenters. The second-order valence-corrected chi connectivity index (χ2v) is 11.6. The van der Waals surface area contributed by atoms with Gasteiger partial charge in [0, 0.05) is 6.42 Å². The van der Waals surface area contributed by atoms with E-state index in [9.17, 15) is 0 Å². The average Bonchev–Trinajstić information content (AvgIpc) is 3.27. The minimum absolute atomic E-state index is 1.22. The van der Waals surface area contributed by atoms with E-state index < -0.39 is 0 Å². The predicted octanol–water partition coefficient (Wildman–Crippen LogP) is 11.1. The van der Waals surface area contributed by atoms with Gasteiger partial charge in [0.1, 0.15) is 12.4 Å². The molecule has 0 saturated heterocycles. The quantitative estimate of drug-likeness (QED) is 0.0794. The number of imidazole rings is 1. The van der Waals surface area contributed by atoms with Crippen molar-refractivity contribution in [3.05, 3.63) is 18.2 Å². The number of hydrogen-bond donors (Lipinski definition) is 0. The third-order valence-electron chi connectivity index (χ3n) is 8.10. The molecular formula is C34H67N2+. The molecule has 1 rings (SSSR count). The predicted molar refractivity (Wildman–Crippen MR) is 161 cm³/mol. The number of hydrogen-bond acceptors (Lipinski definition) is 0. The first-order valence-corrected chi connectivity index (χ1v) is 16.9. The highest BCUT2D eigenvalue weighted by Crippen LogP contribution is 2.14. The normalized spacial score (nSPS) is 11.5. The van der Waals surface area contributed by atoms with Crippen LogP contribution in [0, 0.1) is 0 Å². The Balaban J connectivity index is 2.12. The van der Waals surface area contributed by atoms with Gasteiger partial charge in [-0.3, -0.25) is 0 Å². The Morgan fingerprint density at radius 3 is 1.33 bits per heavy atom. The first kappa shape index (κ1) is 33.2. The molecule has 0 fully saturated rings. The number of unbranched alkanes of at least 4 members (excludes halogenated alkanes) is 22. The molecule has 0 saturated carbocycles. The monoisotopic (exact) mass is 504 g/mol. The Morgan fingerprint density at radius 1 is 0.472 bits per heavy atom. The molecule has 212 valence electrons. The first-order chi connectivity index (χ1) is 17.8. The zero-order valence-electron chi connectivity index (χ0n) is 25.3. The molecule has 0 amide bonds. The van der Waals surface area contributed by atoms with Gasteiger partial charge in [-0.25, -0.2) is 9.13 Å². The van der Waals surface area contributed by atoms with Crippen molar-refractivity contribution in [3.63, 3.8) is 0 Å². The van der Waals surface area contributed by atoms with Crippen LogP contribution in [0.1, 0.15) is 187 Å². The van der Waals surface area contributed by atoms with Gasteiger partial charge in [-0.2, -0.15) is 0 Å². The highest BCUT2D eigenvalue weighted by atomic mass is 15.1. The van der Waals surface area contributed by atoms with E-state index in [-0.39, 0.29) is 0 Å². The van der Waals surface area contributed by atoms with Crippen molar-refractivity contribution in [1.82, 2.24) is 4.57 Å². The van der Waals surface area contributed by atoms with Gasteiger partial charge >= 0.3 is 0 Å². The van der Waals surface area contributed by atoms with Gasteiger partial charge in [0.2, 0.25) is 0 Å². The van der Waals surface area contributed by atoms with E-state index in [4.69, 9.17) is 0 Å². The van der Waals surface area contributed by atoms with Crippen LogP contribution >= 0.6 is 0 Å². The number of aromatic nitrogens is 2. The topological polar surface area (TPSA) is 8.81 Å². The first-order valence-electron chi connectivity index (χ1n) is 16.9. The third-order valence-corrected chi connectivity index (χ3v) is 8.10. The van der Waals surface area contributed by atoms with Crippen LogP contribution < -0.4 is 4.57 Å². The van der Waals surface area contributed by atoms with Crippen LogP contribution in [0.25, 0.3) is 0 Å². The van der Waals surface area contributed by atoms with Crippen LogP contribution in [0.4, 0.5) is 0 Å². The van der Waals surface area contributed by atoms with Gasteiger partial charge in [-0.15, -0.1) is 0 Å². The highest BCUT2D eigenvalue weighted by Gasteiger charge is 2.16. The summed E-state index contributed by atoms with van der Waals surface area (Å²) in [5, 5.41) is 0. The lowest BCUT2D eigenvalue weighted by molar-refractivity contribution is -0.704. The minimum atomic E-state index is 1.22. The van der Waals surface area contributed by atoms with Crippen LogP contribution in [0.2, 0.25) is 0 Å². The maximum absolute atomic E-state index is 2.60. The van der Waals surface area contributed by atoms with Crippen molar-refractivity contribution in [2.45, 2.75) is 201 Å². The SMILES string of the molecule is CCCCCCCCCCCCCCCCCC[n+]1ccn(CCCCCCC)c1CCCCCC. The van der Waals surface area contributed by atoms with Gasteiger partial charge in [0.25, 0.3) is 5.82 Å². The summed E-state index contributed by atoms with van der Waals surface area (Å²) in [6.07, 6.45) is 41.5. The average molecular weight is 504 g/mol. The summed E-state index contributed by atoms with van der Waals surface area (Å²) in [5.41, 5.74) is 0. The maximum Gasteiger partial charge on any atom is 0.256 e. The van der Waals surface area contributed by atoms with E-state index in [1.165, 1.54) is 180 Å². The summed E-state index contributed by atoms with van der Waals surface area (Å²) < 4.78 is 5.19. The molecule has 0 aromatic carbocycles. The van der Waals surface area contributed by atoms with Gasteiger partial charge in [0.05, 0.1) is 13.1 Å². The molecule has 0 bridgehead atoms. The van der Waals surface area contributed by atoms with E-state index in [1.807, 2.05) is 0 Å². The fourth-order valence-corrected chi connectivity index (χ4v) is 5.62. The van der Waals surface area contributed by atoms with Crippen LogP contribution in [0.3, 0.4) is 0 Å². The van der Waals surface area contributed by atoms with Crippen LogP contribution in [0.5, 0.6) is 0 Å². The van der Waals surface area contributed by atoms with Crippen LogP contribution in [-0.4, -0.2) is 4.57 Å². The highest BCUT2D eigenvalue weighted by molar-refractivity contribution is 4.84. The standard InChI is InChI=1S/C34H67N2/c1-4-7-10-13-14-15-16-17-18-19-20-21-22-23-25-28-31-36-33-32-35(30-27-24-11-8-5-2)34(36)29-26-12-9-6-3/h32-33H,4-31H2,1-3H3/q+1.